The molecule has 0 unspecified atom stereocenters. The predicted octanol–water partition coefficient (Wildman–Crippen LogP) is 5.84. The largest absolute Gasteiger partial charge is 0.497 e. The molecule has 0 aliphatic carbocycles. The summed E-state index contributed by atoms with van der Waals surface area (Å²) in [4.78, 5) is 12.8. The number of carbonyl (C=O) groups is 1. The van der Waals surface area contributed by atoms with Crippen LogP contribution in [0.4, 0.5) is 0 Å². The SMILES string of the molecule is COc1ccc2c(C)cc3nnc(SCC(=O)c4ccc(-c5ccccc5)cc4)n3c2c1. The van der Waals surface area contributed by atoms with Gasteiger partial charge in [0.1, 0.15) is 5.75 Å². The Bertz CT molecular complexity index is 1430. The molecule has 32 heavy (non-hydrogen) atoms. The second-order valence-electron chi connectivity index (χ2n) is 7.54. The number of aromatic nitrogens is 3. The minimum atomic E-state index is 0.0559. The Morgan fingerprint density at radius 1 is 0.938 bits per heavy atom. The number of ether oxygens (including phenoxy) is 1. The first-order chi connectivity index (χ1) is 15.6. The Balaban J connectivity index is 1.40. The van der Waals surface area contributed by atoms with Gasteiger partial charge >= 0.3 is 0 Å². The van der Waals surface area contributed by atoms with Crippen molar-refractivity contribution in [1.29, 1.82) is 0 Å². The van der Waals surface area contributed by atoms with Crippen LogP contribution in [0.5, 0.6) is 5.75 Å². The summed E-state index contributed by atoms with van der Waals surface area (Å²) in [6, 6.07) is 25.9. The van der Waals surface area contributed by atoms with Gasteiger partial charge in [-0.15, -0.1) is 10.2 Å². The van der Waals surface area contributed by atoms with E-state index in [2.05, 4.69) is 29.3 Å². The summed E-state index contributed by atoms with van der Waals surface area (Å²) in [5.41, 5.74) is 5.75. The van der Waals surface area contributed by atoms with Crippen molar-refractivity contribution in [3.05, 3.63) is 90.0 Å². The molecule has 5 rings (SSSR count). The molecule has 0 aliphatic rings. The molecule has 0 atom stereocenters. The zero-order valence-corrected chi connectivity index (χ0v) is 18.6. The highest BCUT2D eigenvalue weighted by atomic mass is 32.2. The van der Waals surface area contributed by atoms with E-state index in [4.69, 9.17) is 4.74 Å². The van der Waals surface area contributed by atoms with E-state index in [-0.39, 0.29) is 11.5 Å². The number of rotatable bonds is 6. The molecule has 0 saturated carbocycles. The fraction of sp³-hybridized carbons (Fsp3) is 0.115. The van der Waals surface area contributed by atoms with Crippen LogP contribution in [0.3, 0.4) is 0 Å². The van der Waals surface area contributed by atoms with Crippen LogP contribution in [0.15, 0.2) is 84.0 Å². The molecule has 158 valence electrons. The molecule has 6 heteroatoms. The maximum absolute atomic E-state index is 12.8. The summed E-state index contributed by atoms with van der Waals surface area (Å²) < 4.78 is 7.40. The topological polar surface area (TPSA) is 56.5 Å². The lowest BCUT2D eigenvalue weighted by Crippen LogP contribution is -2.03. The van der Waals surface area contributed by atoms with Gasteiger partial charge in [-0.25, -0.2) is 0 Å². The molecule has 0 aliphatic heterocycles. The summed E-state index contributed by atoms with van der Waals surface area (Å²) in [6.45, 7) is 2.05. The number of methoxy groups -OCH3 is 1. The Kier molecular flexibility index (Phi) is 5.37. The average Bonchev–Trinajstić information content (AvgIpc) is 3.25. The van der Waals surface area contributed by atoms with Crippen molar-refractivity contribution in [3.8, 4) is 16.9 Å². The maximum atomic E-state index is 12.8. The number of fused-ring (bicyclic) bond motifs is 3. The third kappa shape index (κ3) is 3.74. The number of Topliss-reactive ketones (excluding diaryl/α,β-unsaturated/α-hetero) is 1. The molecule has 0 bridgehead atoms. The maximum Gasteiger partial charge on any atom is 0.196 e. The second kappa shape index (κ2) is 8.48. The third-order valence-corrected chi connectivity index (χ3v) is 6.45. The highest BCUT2D eigenvalue weighted by molar-refractivity contribution is 7.99. The molecule has 2 aromatic heterocycles. The number of pyridine rings is 1. The van der Waals surface area contributed by atoms with Crippen LogP contribution >= 0.6 is 11.8 Å². The molecule has 3 aromatic carbocycles. The number of carbonyl (C=O) groups excluding carboxylic acids is 1. The van der Waals surface area contributed by atoms with Crippen LogP contribution < -0.4 is 4.74 Å². The van der Waals surface area contributed by atoms with Gasteiger partial charge in [0, 0.05) is 17.0 Å². The summed E-state index contributed by atoms with van der Waals surface area (Å²) in [7, 11) is 1.65. The number of aryl methyl sites for hydroxylation is 1. The number of ketones is 1. The molecule has 0 spiro atoms. The van der Waals surface area contributed by atoms with Crippen LogP contribution in [0.2, 0.25) is 0 Å². The highest BCUT2D eigenvalue weighted by Gasteiger charge is 2.15. The fourth-order valence-corrected chi connectivity index (χ4v) is 4.66. The smallest absolute Gasteiger partial charge is 0.196 e. The highest BCUT2D eigenvalue weighted by Crippen LogP contribution is 2.29. The Labute approximate surface area is 190 Å². The number of benzene rings is 3. The summed E-state index contributed by atoms with van der Waals surface area (Å²) in [5, 5.41) is 10.5. The van der Waals surface area contributed by atoms with Crippen LogP contribution in [0.1, 0.15) is 15.9 Å². The molecule has 0 amide bonds. The first-order valence-electron chi connectivity index (χ1n) is 10.3. The normalized spacial score (nSPS) is 11.2. The summed E-state index contributed by atoms with van der Waals surface area (Å²) in [5.74, 6) is 1.11. The van der Waals surface area contributed by atoms with Gasteiger partial charge in [0.25, 0.3) is 0 Å². The van der Waals surface area contributed by atoms with Crippen molar-refractivity contribution >= 4 is 34.1 Å². The van der Waals surface area contributed by atoms with Gasteiger partial charge in [-0.2, -0.15) is 0 Å². The van der Waals surface area contributed by atoms with E-state index in [9.17, 15) is 4.79 Å². The lowest BCUT2D eigenvalue weighted by atomic mass is 10.0. The van der Waals surface area contributed by atoms with E-state index in [1.165, 1.54) is 11.8 Å². The van der Waals surface area contributed by atoms with Gasteiger partial charge in [-0.3, -0.25) is 9.20 Å². The number of hydrogen-bond acceptors (Lipinski definition) is 5. The molecule has 0 N–H and O–H groups in total. The van der Waals surface area contributed by atoms with E-state index in [0.717, 1.165) is 39.0 Å². The van der Waals surface area contributed by atoms with Gasteiger partial charge in [-0.1, -0.05) is 66.4 Å². The molecule has 0 fully saturated rings. The molecule has 0 saturated heterocycles. The van der Waals surface area contributed by atoms with Crippen LogP contribution in [-0.2, 0) is 0 Å². The number of nitrogens with zero attached hydrogens (tertiary/aromatic N) is 3. The van der Waals surface area contributed by atoms with Gasteiger partial charge in [0.05, 0.1) is 18.4 Å². The molecule has 5 nitrogen and oxygen atoms in total. The quantitative estimate of drug-likeness (QED) is 0.246. The molecular formula is C26H21N3O2S. The standard InChI is InChI=1S/C26H21N3O2S/c1-17-14-25-27-28-26(29(25)23-15-21(31-2)12-13-22(17)23)32-16-24(30)20-10-8-19(9-11-20)18-6-4-3-5-7-18/h3-15H,16H2,1-2H3. The van der Waals surface area contributed by atoms with Crippen LogP contribution in [-0.4, -0.2) is 33.2 Å². The lowest BCUT2D eigenvalue weighted by Gasteiger charge is -2.09. The molecular weight excluding hydrogens is 418 g/mol. The van der Waals surface area contributed by atoms with E-state index in [1.807, 2.05) is 71.1 Å². The van der Waals surface area contributed by atoms with Crippen molar-refractivity contribution in [3.63, 3.8) is 0 Å². The zero-order valence-electron chi connectivity index (χ0n) is 17.8. The van der Waals surface area contributed by atoms with Crippen molar-refractivity contribution in [1.82, 2.24) is 14.6 Å². The fourth-order valence-electron chi connectivity index (χ4n) is 3.82. The minimum absolute atomic E-state index is 0.0559. The minimum Gasteiger partial charge on any atom is -0.497 e. The number of thioether (sulfide) groups is 1. The van der Waals surface area contributed by atoms with Crippen molar-refractivity contribution in [2.24, 2.45) is 0 Å². The van der Waals surface area contributed by atoms with E-state index in [0.29, 0.717) is 10.7 Å². The first-order valence-corrected chi connectivity index (χ1v) is 11.3. The van der Waals surface area contributed by atoms with E-state index < -0.39 is 0 Å². The van der Waals surface area contributed by atoms with Crippen molar-refractivity contribution < 1.29 is 9.53 Å². The van der Waals surface area contributed by atoms with E-state index in [1.54, 1.807) is 7.11 Å². The number of hydrogen-bond donors (Lipinski definition) is 0. The van der Waals surface area contributed by atoms with Crippen molar-refractivity contribution in [2.75, 3.05) is 12.9 Å². The van der Waals surface area contributed by atoms with Crippen LogP contribution in [0.25, 0.3) is 27.7 Å². The van der Waals surface area contributed by atoms with E-state index >= 15 is 0 Å². The first kappa shape index (κ1) is 20.3. The Morgan fingerprint density at radius 2 is 1.69 bits per heavy atom. The zero-order chi connectivity index (χ0) is 22.1. The Morgan fingerprint density at radius 3 is 2.44 bits per heavy atom. The lowest BCUT2D eigenvalue weighted by molar-refractivity contribution is 0.102. The molecule has 2 heterocycles. The average molecular weight is 440 g/mol. The summed E-state index contributed by atoms with van der Waals surface area (Å²) in [6.07, 6.45) is 0. The summed E-state index contributed by atoms with van der Waals surface area (Å²) >= 11 is 1.39. The Hall–Kier alpha value is -3.64. The van der Waals surface area contributed by atoms with Crippen molar-refractivity contribution in [2.45, 2.75) is 12.1 Å². The van der Waals surface area contributed by atoms with Crippen LogP contribution in [0, 0.1) is 6.92 Å². The second-order valence-corrected chi connectivity index (χ2v) is 8.48. The molecule has 5 aromatic rings. The predicted molar refractivity (Wildman–Crippen MR) is 129 cm³/mol. The molecule has 0 radical (unpaired) electrons. The van der Waals surface area contributed by atoms with Gasteiger partial charge in [0.15, 0.2) is 16.6 Å². The van der Waals surface area contributed by atoms with Gasteiger partial charge in [-0.05, 0) is 41.8 Å². The van der Waals surface area contributed by atoms with Gasteiger partial charge < -0.3 is 4.74 Å². The monoisotopic (exact) mass is 439 g/mol. The third-order valence-electron chi connectivity index (χ3n) is 5.52. The van der Waals surface area contributed by atoms with Gasteiger partial charge in [0.2, 0.25) is 0 Å².